The molecule has 0 aliphatic carbocycles. The Kier molecular flexibility index (Phi) is 9.29. The number of benzene rings is 1. The number of carbonyl (C=O) groups is 1. The molecule has 1 aromatic carbocycles. The lowest BCUT2D eigenvalue weighted by Crippen LogP contribution is -2.26. The van der Waals surface area contributed by atoms with Gasteiger partial charge in [0.25, 0.3) is 5.91 Å². The molecule has 9 nitrogen and oxygen atoms in total. The van der Waals surface area contributed by atoms with Crippen molar-refractivity contribution in [1.82, 2.24) is 15.3 Å². The molecule has 37 heavy (non-hydrogen) atoms. The van der Waals surface area contributed by atoms with Gasteiger partial charge in [-0.1, -0.05) is 6.58 Å². The summed E-state index contributed by atoms with van der Waals surface area (Å²) in [7, 11) is 0. The van der Waals surface area contributed by atoms with E-state index in [2.05, 4.69) is 27.2 Å². The summed E-state index contributed by atoms with van der Waals surface area (Å²) >= 11 is 0. The monoisotopic (exact) mass is 505 g/mol. The molecule has 3 aliphatic rings. The third-order valence-electron chi connectivity index (χ3n) is 6.12. The molecule has 4 N–H and O–H groups in total. The standard InChI is InChI=1S/C28H35N5O4/c1-3-26(37-22-7-6-14-36-18-22)21-15-19(2)32-28-31-12-10-25(33-28)23-9-8-20(16-24(23)29)27(34)30-11-4-5-13-35-17-21/h3,8-10,12,15-16,22H,2,4-7,11,13-14,17-18,29H2,1H3,(H,30,34)(H,31,32,33)/b21-15?,26-3+. The molecule has 0 saturated carbocycles. The number of carbonyl (C=O) groups excluding carboxylic acids is 1. The van der Waals surface area contributed by atoms with Crippen molar-refractivity contribution in [3.63, 3.8) is 0 Å². The lowest BCUT2D eigenvalue weighted by atomic mass is 10.1. The molecule has 0 spiro atoms. The summed E-state index contributed by atoms with van der Waals surface area (Å²) in [6.07, 6.45) is 9.00. The number of ether oxygens (including phenoxy) is 3. The summed E-state index contributed by atoms with van der Waals surface area (Å²) in [6, 6.07) is 6.99. The summed E-state index contributed by atoms with van der Waals surface area (Å²) < 4.78 is 17.9. The maximum atomic E-state index is 12.6. The van der Waals surface area contributed by atoms with E-state index >= 15 is 0 Å². The van der Waals surface area contributed by atoms with Crippen LogP contribution in [0.15, 0.2) is 66.2 Å². The Morgan fingerprint density at radius 3 is 2.86 bits per heavy atom. The smallest absolute Gasteiger partial charge is 0.251 e. The maximum Gasteiger partial charge on any atom is 0.251 e. The van der Waals surface area contributed by atoms with Crippen LogP contribution in [-0.2, 0) is 14.2 Å². The zero-order valence-corrected chi connectivity index (χ0v) is 21.3. The van der Waals surface area contributed by atoms with Gasteiger partial charge in [-0.25, -0.2) is 9.97 Å². The highest BCUT2D eigenvalue weighted by atomic mass is 16.5. The average molecular weight is 506 g/mol. The van der Waals surface area contributed by atoms with Gasteiger partial charge >= 0.3 is 0 Å². The molecular weight excluding hydrogens is 470 g/mol. The number of nitrogen functional groups attached to an aromatic ring is 1. The summed E-state index contributed by atoms with van der Waals surface area (Å²) in [4.78, 5) is 21.5. The van der Waals surface area contributed by atoms with Crippen molar-refractivity contribution >= 4 is 17.5 Å². The number of nitrogens with one attached hydrogen (secondary N) is 2. The van der Waals surface area contributed by atoms with Gasteiger partial charge in [-0.05, 0) is 69.0 Å². The van der Waals surface area contributed by atoms with Crippen LogP contribution in [-0.4, -0.2) is 55.0 Å². The molecule has 1 amide bonds. The van der Waals surface area contributed by atoms with Crippen molar-refractivity contribution in [2.75, 3.05) is 44.0 Å². The van der Waals surface area contributed by atoms with Gasteiger partial charge in [-0.3, -0.25) is 4.79 Å². The summed E-state index contributed by atoms with van der Waals surface area (Å²) in [5.74, 6) is 0.950. The number of anilines is 2. The lowest BCUT2D eigenvalue weighted by Gasteiger charge is -2.26. The average Bonchev–Trinajstić information content (AvgIpc) is 2.90. The maximum absolute atomic E-state index is 12.6. The second kappa shape index (κ2) is 13.0. The molecule has 3 aliphatic heterocycles. The van der Waals surface area contributed by atoms with Crippen LogP contribution in [0.2, 0.25) is 0 Å². The predicted octanol–water partition coefficient (Wildman–Crippen LogP) is 4.22. The summed E-state index contributed by atoms with van der Waals surface area (Å²) in [5, 5.41) is 6.11. The molecule has 1 atom stereocenters. The number of aromatic nitrogens is 2. The molecule has 5 rings (SSSR count). The number of nitrogens with two attached hydrogens (primary N) is 1. The Hall–Kier alpha value is -3.69. The van der Waals surface area contributed by atoms with Gasteiger partial charge in [0.05, 0.1) is 18.9 Å². The minimum Gasteiger partial charge on any atom is -0.488 e. The lowest BCUT2D eigenvalue weighted by molar-refractivity contribution is -0.0223. The van der Waals surface area contributed by atoms with Crippen molar-refractivity contribution in [1.29, 1.82) is 0 Å². The van der Waals surface area contributed by atoms with Gasteiger partial charge in [0, 0.05) is 54.0 Å². The van der Waals surface area contributed by atoms with E-state index in [-0.39, 0.29) is 12.0 Å². The molecule has 4 heterocycles. The van der Waals surface area contributed by atoms with Crippen LogP contribution in [0, 0.1) is 0 Å². The molecule has 2 aromatic rings. The molecule has 9 heteroatoms. The molecule has 4 bridgehead atoms. The van der Waals surface area contributed by atoms with E-state index in [1.807, 2.05) is 19.1 Å². The SMILES string of the molecule is C=C1C=C(/C(=C\C)OC2CCCOC2)COCCCCNC(=O)c2ccc(c(N)c2)-c2ccnc(n2)N1. The number of nitrogens with zero attached hydrogens (tertiary/aromatic N) is 2. The van der Waals surface area contributed by atoms with Crippen LogP contribution < -0.4 is 16.4 Å². The van der Waals surface area contributed by atoms with E-state index in [4.69, 9.17) is 19.9 Å². The number of hydrogen-bond acceptors (Lipinski definition) is 8. The Morgan fingerprint density at radius 2 is 2.08 bits per heavy atom. The van der Waals surface area contributed by atoms with E-state index in [1.165, 1.54) is 0 Å². The molecule has 1 fully saturated rings. The molecule has 196 valence electrons. The predicted molar refractivity (Wildman–Crippen MR) is 144 cm³/mol. The van der Waals surface area contributed by atoms with Gasteiger partial charge in [-0.2, -0.15) is 0 Å². The Bertz CT molecular complexity index is 1170. The van der Waals surface area contributed by atoms with Gasteiger partial charge in [-0.15, -0.1) is 0 Å². The molecule has 1 saturated heterocycles. The number of rotatable bonds is 3. The highest BCUT2D eigenvalue weighted by Gasteiger charge is 2.19. The van der Waals surface area contributed by atoms with Crippen molar-refractivity contribution in [3.05, 3.63) is 71.8 Å². The molecule has 0 radical (unpaired) electrons. The van der Waals surface area contributed by atoms with Crippen LogP contribution in [0.3, 0.4) is 0 Å². The molecular formula is C28H35N5O4. The van der Waals surface area contributed by atoms with E-state index in [1.54, 1.807) is 30.5 Å². The Morgan fingerprint density at radius 1 is 1.22 bits per heavy atom. The van der Waals surface area contributed by atoms with Crippen LogP contribution in [0.1, 0.15) is 43.0 Å². The van der Waals surface area contributed by atoms with E-state index in [0.717, 1.165) is 49.2 Å². The quantitative estimate of drug-likeness (QED) is 0.419. The first-order valence-corrected chi connectivity index (χ1v) is 12.7. The first-order valence-electron chi connectivity index (χ1n) is 12.7. The molecule has 1 aromatic heterocycles. The van der Waals surface area contributed by atoms with E-state index in [0.29, 0.717) is 55.0 Å². The fraction of sp³-hybridized carbons (Fsp3) is 0.393. The normalized spacial score (nSPS) is 20.1. The van der Waals surface area contributed by atoms with Crippen LogP contribution in [0.5, 0.6) is 0 Å². The van der Waals surface area contributed by atoms with Gasteiger partial charge in [0.2, 0.25) is 5.95 Å². The summed E-state index contributed by atoms with van der Waals surface area (Å²) in [6.45, 7) is 8.88. The van der Waals surface area contributed by atoms with E-state index < -0.39 is 0 Å². The van der Waals surface area contributed by atoms with Gasteiger partial charge < -0.3 is 30.6 Å². The van der Waals surface area contributed by atoms with Crippen molar-refractivity contribution in [2.45, 2.75) is 38.7 Å². The minimum absolute atomic E-state index is 0.000575. The third kappa shape index (κ3) is 7.41. The van der Waals surface area contributed by atoms with Crippen LogP contribution in [0.4, 0.5) is 11.6 Å². The minimum atomic E-state index is -0.162. The number of fused-ring (bicyclic) bond motifs is 12. The fourth-order valence-electron chi connectivity index (χ4n) is 4.21. The van der Waals surface area contributed by atoms with Gasteiger partial charge in [0.1, 0.15) is 11.9 Å². The largest absolute Gasteiger partial charge is 0.488 e. The number of allylic oxidation sites excluding steroid dienone is 2. The van der Waals surface area contributed by atoms with Crippen LogP contribution >= 0.6 is 0 Å². The first kappa shape index (κ1) is 26.4. The third-order valence-corrected chi connectivity index (χ3v) is 6.12. The topological polar surface area (TPSA) is 121 Å². The van der Waals surface area contributed by atoms with Gasteiger partial charge in [0.15, 0.2) is 0 Å². The Labute approximate surface area is 217 Å². The number of amides is 1. The van der Waals surface area contributed by atoms with Crippen molar-refractivity contribution in [2.24, 2.45) is 0 Å². The van der Waals surface area contributed by atoms with Crippen molar-refractivity contribution < 1.29 is 19.0 Å². The fourth-order valence-corrected chi connectivity index (χ4v) is 4.21. The second-order valence-corrected chi connectivity index (χ2v) is 9.01. The van der Waals surface area contributed by atoms with Crippen LogP contribution in [0.25, 0.3) is 11.3 Å². The van der Waals surface area contributed by atoms with E-state index in [9.17, 15) is 4.79 Å². The highest BCUT2D eigenvalue weighted by Crippen LogP contribution is 2.26. The second-order valence-electron chi connectivity index (χ2n) is 9.01. The molecule has 1 unspecified atom stereocenters. The Balaban J connectivity index is 1.60. The zero-order valence-electron chi connectivity index (χ0n) is 21.3. The summed E-state index contributed by atoms with van der Waals surface area (Å²) in [5.41, 5.74) is 10.1. The zero-order chi connectivity index (χ0) is 26.0. The number of hydrogen-bond donors (Lipinski definition) is 3. The van der Waals surface area contributed by atoms with Crippen molar-refractivity contribution in [3.8, 4) is 11.3 Å². The first-order chi connectivity index (χ1) is 18.0. The highest BCUT2D eigenvalue weighted by molar-refractivity contribution is 5.96.